The van der Waals surface area contributed by atoms with Crippen LogP contribution in [0.4, 0.5) is 13.2 Å². The van der Waals surface area contributed by atoms with E-state index in [4.69, 9.17) is 0 Å². The Hall–Kier alpha value is -2.11. The van der Waals surface area contributed by atoms with Gasteiger partial charge in [0.05, 0.1) is 0 Å². The molecule has 1 aliphatic rings. The highest BCUT2D eigenvalue weighted by atomic mass is 19.4. The second-order valence-electron chi connectivity index (χ2n) is 6.88. The molecule has 0 N–H and O–H groups in total. The van der Waals surface area contributed by atoms with Crippen LogP contribution in [0.5, 0.6) is 5.75 Å². The lowest BCUT2D eigenvalue weighted by Gasteiger charge is -2.09. The summed E-state index contributed by atoms with van der Waals surface area (Å²) >= 11 is 0. The van der Waals surface area contributed by atoms with E-state index in [2.05, 4.69) is 14.7 Å². The number of aromatic nitrogens is 2. The summed E-state index contributed by atoms with van der Waals surface area (Å²) in [4.78, 5) is 8.67. The van der Waals surface area contributed by atoms with Crippen molar-refractivity contribution in [2.24, 2.45) is 5.92 Å². The third-order valence-corrected chi connectivity index (χ3v) is 4.85. The first kappa shape index (κ1) is 18.7. The minimum absolute atomic E-state index is 0.250. The Morgan fingerprint density at radius 1 is 0.962 bits per heavy atom. The number of alkyl halides is 3. The van der Waals surface area contributed by atoms with Crippen LogP contribution in [-0.2, 0) is 6.42 Å². The van der Waals surface area contributed by atoms with E-state index in [0.717, 1.165) is 24.3 Å². The van der Waals surface area contributed by atoms with E-state index >= 15 is 0 Å². The highest BCUT2D eigenvalue weighted by Gasteiger charge is 2.31. The van der Waals surface area contributed by atoms with Crippen molar-refractivity contribution in [3.8, 4) is 17.1 Å². The van der Waals surface area contributed by atoms with Gasteiger partial charge in [-0.2, -0.15) is 0 Å². The molecule has 26 heavy (non-hydrogen) atoms. The van der Waals surface area contributed by atoms with E-state index in [-0.39, 0.29) is 5.75 Å². The van der Waals surface area contributed by atoms with Crippen LogP contribution in [0.15, 0.2) is 36.7 Å². The Balaban J connectivity index is 1.49. The molecule has 3 nitrogen and oxygen atoms in total. The molecule has 2 aromatic rings. The standard InChI is InChI=1S/C20H23F3N2O/c21-20(22,23)26-18-11-9-17(10-12-18)19-24-13-16(14-25-19)8-4-3-7-15-5-1-2-6-15/h9-15H,1-8H2. The van der Waals surface area contributed by atoms with Gasteiger partial charge < -0.3 is 4.74 Å². The molecular weight excluding hydrogens is 341 g/mol. The predicted molar refractivity (Wildman–Crippen MR) is 93.7 cm³/mol. The van der Waals surface area contributed by atoms with Crippen LogP contribution in [0.3, 0.4) is 0 Å². The van der Waals surface area contributed by atoms with E-state index in [1.54, 1.807) is 12.4 Å². The number of hydrogen-bond acceptors (Lipinski definition) is 3. The van der Waals surface area contributed by atoms with Crippen LogP contribution in [-0.4, -0.2) is 16.3 Å². The highest BCUT2D eigenvalue weighted by molar-refractivity contribution is 5.55. The van der Waals surface area contributed by atoms with Crippen molar-refractivity contribution in [3.63, 3.8) is 0 Å². The molecule has 1 heterocycles. The third-order valence-electron chi connectivity index (χ3n) is 4.85. The van der Waals surface area contributed by atoms with E-state index in [9.17, 15) is 13.2 Å². The molecule has 1 aliphatic carbocycles. The average Bonchev–Trinajstić information content (AvgIpc) is 3.12. The highest BCUT2D eigenvalue weighted by Crippen LogP contribution is 2.29. The molecule has 0 atom stereocenters. The van der Waals surface area contributed by atoms with Gasteiger partial charge >= 0.3 is 6.36 Å². The van der Waals surface area contributed by atoms with Crippen molar-refractivity contribution in [3.05, 3.63) is 42.2 Å². The molecule has 140 valence electrons. The fourth-order valence-electron chi connectivity index (χ4n) is 3.50. The van der Waals surface area contributed by atoms with Gasteiger partial charge in [-0.15, -0.1) is 13.2 Å². The Kier molecular flexibility index (Phi) is 6.12. The molecule has 1 aromatic heterocycles. The Morgan fingerprint density at radius 3 is 2.23 bits per heavy atom. The first-order chi connectivity index (χ1) is 12.5. The number of unbranched alkanes of at least 4 members (excludes halogenated alkanes) is 1. The second kappa shape index (κ2) is 8.52. The van der Waals surface area contributed by atoms with Crippen molar-refractivity contribution in [2.75, 3.05) is 0 Å². The largest absolute Gasteiger partial charge is 0.573 e. The Morgan fingerprint density at radius 2 is 1.62 bits per heavy atom. The molecule has 6 heteroatoms. The average molecular weight is 364 g/mol. The lowest BCUT2D eigenvalue weighted by Crippen LogP contribution is -2.16. The maximum Gasteiger partial charge on any atom is 0.573 e. The van der Waals surface area contributed by atoms with Gasteiger partial charge in [0, 0.05) is 18.0 Å². The zero-order valence-electron chi connectivity index (χ0n) is 14.6. The zero-order valence-corrected chi connectivity index (χ0v) is 14.6. The number of rotatable bonds is 7. The van der Waals surface area contributed by atoms with Gasteiger partial charge in [0.2, 0.25) is 0 Å². The van der Waals surface area contributed by atoms with E-state index in [1.165, 1.54) is 62.8 Å². The summed E-state index contributed by atoms with van der Waals surface area (Å²) in [6, 6.07) is 5.58. The quantitative estimate of drug-likeness (QED) is 0.570. The predicted octanol–water partition coefficient (Wildman–Crippen LogP) is 5.95. The van der Waals surface area contributed by atoms with Crippen molar-refractivity contribution in [1.82, 2.24) is 9.97 Å². The maximum absolute atomic E-state index is 12.2. The minimum Gasteiger partial charge on any atom is -0.406 e. The van der Waals surface area contributed by atoms with Crippen LogP contribution in [0.2, 0.25) is 0 Å². The van der Waals surface area contributed by atoms with E-state index < -0.39 is 6.36 Å². The Bertz CT molecular complexity index is 678. The van der Waals surface area contributed by atoms with Gasteiger partial charge in [0.15, 0.2) is 5.82 Å². The van der Waals surface area contributed by atoms with Crippen LogP contribution >= 0.6 is 0 Å². The van der Waals surface area contributed by atoms with Crippen molar-refractivity contribution < 1.29 is 17.9 Å². The molecule has 1 saturated carbocycles. The molecule has 0 amide bonds. The lowest BCUT2D eigenvalue weighted by molar-refractivity contribution is -0.274. The maximum atomic E-state index is 12.2. The fourth-order valence-corrected chi connectivity index (χ4v) is 3.50. The summed E-state index contributed by atoms with van der Waals surface area (Å²) < 4.78 is 40.4. The van der Waals surface area contributed by atoms with Crippen molar-refractivity contribution >= 4 is 0 Å². The molecular formula is C20H23F3N2O. The number of halogens is 3. The summed E-state index contributed by atoms with van der Waals surface area (Å²) in [5, 5.41) is 0. The van der Waals surface area contributed by atoms with Gasteiger partial charge in [-0.05, 0) is 48.6 Å². The summed E-state index contributed by atoms with van der Waals surface area (Å²) in [5.74, 6) is 1.18. The normalized spacial score (nSPS) is 15.3. The monoisotopic (exact) mass is 364 g/mol. The van der Waals surface area contributed by atoms with Gasteiger partial charge in [0.25, 0.3) is 0 Å². The molecule has 0 radical (unpaired) electrons. The van der Waals surface area contributed by atoms with Gasteiger partial charge in [-0.25, -0.2) is 9.97 Å². The summed E-state index contributed by atoms with van der Waals surface area (Å²) in [6.45, 7) is 0. The third kappa shape index (κ3) is 5.71. The number of hydrogen-bond donors (Lipinski definition) is 0. The van der Waals surface area contributed by atoms with Crippen molar-refractivity contribution in [2.45, 2.75) is 57.7 Å². The van der Waals surface area contributed by atoms with Crippen LogP contribution in [0, 0.1) is 5.92 Å². The molecule has 0 saturated heterocycles. The van der Waals surface area contributed by atoms with E-state index in [1.807, 2.05) is 0 Å². The second-order valence-corrected chi connectivity index (χ2v) is 6.88. The first-order valence-corrected chi connectivity index (χ1v) is 9.17. The number of ether oxygens (including phenoxy) is 1. The van der Waals surface area contributed by atoms with Crippen LogP contribution in [0.1, 0.15) is 50.5 Å². The van der Waals surface area contributed by atoms with Crippen LogP contribution in [0.25, 0.3) is 11.4 Å². The number of benzene rings is 1. The van der Waals surface area contributed by atoms with Gasteiger partial charge in [0.1, 0.15) is 5.75 Å². The van der Waals surface area contributed by atoms with Crippen LogP contribution < -0.4 is 4.74 Å². The smallest absolute Gasteiger partial charge is 0.406 e. The number of nitrogens with zero attached hydrogens (tertiary/aromatic N) is 2. The SMILES string of the molecule is FC(F)(F)Oc1ccc(-c2ncc(CCCCC3CCCC3)cn2)cc1. The molecule has 0 unspecified atom stereocenters. The van der Waals surface area contributed by atoms with Crippen molar-refractivity contribution in [1.29, 1.82) is 0 Å². The summed E-state index contributed by atoms with van der Waals surface area (Å²) in [6.07, 6.45) is 9.17. The zero-order chi connectivity index (χ0) is 18.4. The molecule has 1 fully saturated rings. The molecule has 0 bridgehead atoms. The fraction of sp³-hybridized carbons (Fsp3) is 0.500. The number of aryl methyl sites for hydroxylation is 1. The summed E-state index contributed by atoms with van der Waals surface area (Å²) in [7, 11) is 0. The van der Waals surface area contributed by atoms with Gasteiger partial charge in [-0.3, -0.25) is 0 Å². The lowest BCUT2D eigenvalue weighted by atomic mass is 9.99. The summed E-state index contributed by atoms with van der Waals surface area (Å²) in [5.41, 5.74) is 1.75. The first-order valence-electron chi connectivity index (χ1n) is 9.17. The molecule has 0 spiro atoms. The van der Waals surface area contributed by atoms with E-state index in [0.29, 0.717) is 11.4 Å². The topological polar surface area (TPSA) is 35.0 Å². The Labute approximate surface area is 151 Å². The minimum atomic E-state index is -4.68. The van der Waals surface area contributed by atoms with Gasteiger partial charge in [-0.1, -0.05) is 38.5 Å². The molecule has 3 rings (SSSR count). The molecule has 1 aromatic carbocycles. The molecule has 0 aliphatic heterocycles.